The Morgan fingerprint density at radius 2 is 1.73 bits per heavy atom. The molecule has 0 aliphatic carbocycles. The molecule has 1 heterocycles. The maximum absolute atomic E-state index is 9.56. The molecule has 0 fully saturated rings. The zero-order chi connectivity index (χ0) is 16.4. The van der Waals surface area contributed by atoms with Crippen molar-refractivity contribution < 1.29 is 51.6 Å². The molecule has 26 heavy (non-hydrogen) atoms. The first-order valence-electron chi connectivity index (χ1n) is 8.40. The molecule has 2 nitrogen and oxygen atoms in total. The fourth-order valence-corrected chi connectivity index (χ4v) is 8.29. The maximum Gasteiger partial charge on any atom is 3.00 e. The molecule has 1 atom stereocenters. The van der Waals surface area contributed by atoms with Gasteiger partial charge in [-0.2, -0.15) is 0 Å². The number of rotatable bonds is 3. The molecule has 6 heteroatoms. The quantitative estimate of drug-likeness (QED) is 0.346. The topological polar surface area (TPSA) is 32.3 Å². The molecule has 1 aliphatic rings. The molecule has 3 aromatic carbocycles. The second kappa shape index (κ2) is 7.91. The fraction of sp³-hybridized carbons (Fsp3) is 0.350. The fourth-order valence-electron chi connectivity index (χ4n) is 4.08. The number of fused-ring (bicyclic) bond motifs is 5. The third kappa shape index (κ3) is 3.63. The minimum absolute atomic E-state index is 0. The molecular formula is C20H24Cl2NOSiTi. The van der Waals surface area contributed by atoms with Crippen molar-refractivity contribution in [3.8, 4) is 0 Å². The number of nitrogens with one attached hydrogen (secondary N) is 1. The predicted octanol–water partition coefficient (Wildman–Crippen LogP) is -2.57. The Morgan fingerprint density at radius 3 is 2.35 bits per heavy atom. The van der Waals surface area contributed by atoms with Crippen molar-refractivity contribution in [3.05, 3.63) is 36.4 Å². The Bertz CT molecular complexity index is 935. The van der Waals surface area contributed by atoms with Gasteiger partial charge in [-0.25, -0.2) is 0 Å². The Hall–Kier alpha value is -0.419. The minimum Gasteiger partial charge on any atom is -1.00 e. The average molecular weight is 441 g/mol. The molecule has 1 radical (unpaired) electrons. The van der Waals surface area contributed by atoms with Crippen LogP contribution in [0.5, 0.6) is 0 Å². The molecule has 0 spiro atoms. The molecule has 0 saturated carbocycles. The summed E-state index contributed by atoms with van der Waals surface area (Å²) in [6.07, 6.45) is 0. The van der Waals surface area contributed by atoms with Crippen LogP contribution in [0.2, 0.25) is 12.6 Å². The van der Waals surface area contributed by atoms with Gasteiger partial charge in [0, 0.05) is 17.8 Å². The number of aliphatic hydroxyl groups is 1. The third-order valence-corrected chi connectivity index (χ3v) is 9.30. The van der Waals surface area contributed by atoms with E-state index >= 15 is 0 Å². The summed E-state index contributed by atoms with van der Waals surface area (Å²) >= 11 is 0. The molecule has 1 aliphatic heterocycles. The van der Waals surface area contributed by atoms with Crippen molar-refractivity contribution >= 4 is 45.7 Å². The van der Waals surface area contributed by atoms with E-state index in [0.717, 1.165) is 6.04 Å². The van der Waals surface area contributed by atoms with Gasteiger partial charge in [0.05, 0.1) is 8.07 Å². The molecule has 2 N–H and O–H groups in total. The van der Waals surface area contributed by atoms with E-state index in [4.69, 9.17) is 0 Å². The normalized spacial score (nSPS) is 17.7. The largest absolute Gasteiger partial charge is 3.00 e. The van der Waals surface area contributed by atoms with E-state index in [2.05, 4.69) is 69.0 Å². The van der Waals surface area contributed by atoms with Gasteiger partial charge in [-0.15, -0.1) is 38.9 Å². The van der Waals surface area contributed by atoms with E-state index in [9.17, 15) is 5.11 Å². The van der Waals surface area contributed by atoms with Crippen LogP contribution in [0.4, 0.5) is 5.69 Å². The number of anilines is 1. The van der Waals surface area contributed by atoms with Crippen LogP contribution >= 0.6 is 0 Å². The number of halogens is 2. The van der Waals surface area contributed by atoms with Crippen molar-refractivity contribution in [1.82, 2.24) is 0 Å². The summed E-state index contributed by atoms with van der Waals surface area (Å²) in [6, 6.07) is 14.3. The zero-order valence-electron chi connectivity index (χ0n) is 15.6. The van der Waals surface area contributed by atoms with Gasteiger partial charge in [0.15, 0.2) is 0 Å². The van der Waals surface area contributed by atoms with Crippen LogP contribution in [-0.2, 0) is 21.7 Å². The Balaban J connectivity index is 0.00000113. The summed E-state index contributed by atoms with van der Waals surface area (Å²) in [4.78, 5) is 0. The minimum atomic E-state index is -1.63. The van der Waals surface area contributed by atoms with Gasteiger partial charge in [-0.3, -0.25) is 0 Å². The van der Waals surface area contributed by atoms with E-state index < -0.39 is 8.07 Å². The van der Waals surface area contributed by atoms with Gasteiger partial charge >= 0.3 is 21.7 Å². The summed E-state index contributed by atoms with van der Waals surface area (Å²) in [6.45, 7) is 9.31. The summed E-state index contributed by atoms with van der Waals surface area (Å²) in [5.74, 6) is 0. The molecule has 4 rings (SSSR count). The number of hydrogen-bond acceptors (Lipinski definition) is 2. The first-order valence-corrected chi connectivity index (χ1v) is 11.1. The molecule has 137 valence electrons. The van der Waals surface area contributed by atoms with E-state index in [1.807, 2.05) is 0 Å². The average Bonchev–Trinajstić information content (AvgIpc) is 2.91. The van der Waals surface area contributed by atoms with Crippen LogP contribution in [0.25, 0.3) is 21.5 Å². The van der Waals surface area contributed by atoms with E-state index in [-0.39, 0.29) is 58.7 Å². The van der Waals surface area contributed by atoms with Gasteiger partial charge in [-0.1, -0.05) is 36.0 Å². The van der Waals surface area contributed by atoms with Gasteiger partial charge in [0.25, 0.3) is 0 Å². The summed E-state index contributed by atoms with van der Waals surface area (Å²) < 4.78 is 0. The van der Waals surface area contributed by atoms with Crippen molar-refractivity contribution in [2.45, 2.75) is 38.9 Å². The first-order chi connectivity index (χ1) is 10.8. The Labute approximate surface area is 183 Å². The van der Waals surface area contributed by atoms with E-state index in [0.29, 0.717) is 0 Å². The molecule has 0 amide bonds. The molecule has 0 aromatic heterocycles. The number of benzene rings is 2. The van der Waals surface area contributed by atoms with Crippen LogP contribution in [-0.4, -0.2) is 25.3 Å². The molecule has 3 aromatic rings. The van der Waals surface area contributed by atoms with Crippen molar-refractivity contribution in [2.75, 3.05) is 11.9 Å². The van der Waals surface area contributed by atoms with Crippen LogP contribution in [0, 0.1) is 0 Å². The Kier molecular flexibility index (Phi) is 7.18. The molecular weight excluding hydrogens is 417 g/mol. The first kappa shape index (κ1) is 23.6. The SMILES string of the molecule is CC(C)(C)Nc1cc2c([cH-]c3ccccc32)c2c1[Si]2(C)CCO.[Cl-].[Cl-].[Ti+3]. The van der Waals surface area contributed by atoms with E-state index in [1.54, 1.807) is 5.19 Å². The number of hydrogen-bond donors (Lipinski definition) is 2. The van der Waals surface area contributed by atoms with Crippen LogP contribution in [0.1, 0.15) is 20.8 Å². The summed E-state index contributed by atoms with van der Waals surface area (Å²) in [5, 5.41) is 21.8. The van der Waals surface area contributed by atoms with Crippen molar-refractivity contribution in [2.24, 2.45) is 0 Å². The van der Waals surface area contributed by atoms with Crippen molar-refractivity contribution in [1.29, 1.82) is 0 Å². The number of aliphatic hydroxyl groups excluding tert-OH is 1. The Morgan fingerprint density at radius 1 is 1.08 bits per heavy atom. The smallest absolute Gasteiger partial charge is 1.00 e. The second-order valence-corrected chi connectivity index (χ2v) is 12.2. The predicted molar refractivity (Wildman–Crippen MR) is 103 cm³/mol. The van der Waals surface area contributed by atoms with Crippen molar-refractivity contribution in [3.63, 3.8) is 0 Å². The standard InChI is InChI=1S/C20H24NOSi.2ClH.Ti/c1-20(2,3)21-17-12-15-14-8-6-5-7-13(14)11-16(15)18-19(17)23(18,4)10-9-22;;;/h5-8,11-12,21-22H,9-10H2,1-4H3;2*1H;/q-1;;;+3/p-2. The summed E-state index contributed by atoms with van der Waals surface area (Å²) in [7, 11) is -1.63. The van der Waals surface area contributed by atoms with E-state index in [1.165, 1.54) is 32.4 Å². The maximum atomic E-state index is 9.56. The third-order valence-electron chi connectivity index (χ3n) is 5.08. The molecule has 1 unspecified atom stereocenters. The van der Waals surface area contributed by atoms with Crippen LogP contribution < -0.4 is 40.5 Å². The van der Waals surface area contributed by atoms with Gasteiger partial charge < -0.3 is 35.2 Å². The van der Waals surface area contributed by atoms with Crippen LogP contribution in [0.3, 0.4) is 0 Å². The second-order valence-electron chi connectivity index (χ2n) is 8.05. The monoisotopic (exact) mass is 440 g/mol. The zero-order valence-corrected chi connectivity index (χ0v) is 19.7. The molecule has 0 saturated heterocycles. The van der Waals surface area contributed by atoms with Gasteiger partial charge in [0.2, 0.25) is 0 Å². The van der Waals surface area contributed by atoms with Gasteiger partial charge in [-0.05, 0) is 26.8 Å². The summed E-state index contributed by atoms with van der Waals surface area (Å²) in [5.41, 5.74) is 1.33. The van der Waals surface area contributed by atoms with Crippen LogP contribution in [0.15, 0.2) is 36.4 Å². The van der Waals surface area contributed by atoms with Gasteiger partial charge in [0.1, 0.15) is 0 Å². The molecule has 0 bridgehead atoms.